The first-order valence-corrected chi connectivity index (χ1v) is 13.0. The van der Waals surface area contributed by atoms with Crippen molar-refractivity contribution >= 4 is 60.3 Å². The summed E-state index contributed by atoms with van der Waals surface area (Å²) in [7, 11) is 3.74. The lowest BCUT2D eigenvalue weighted by molar-refractivity contribution is 0.956. The number of halogens is 2. The maximum atomic E-state index is 2.42. The molecule has 0 amide bonds. The third-order valence-corrected chi connectivity index (χ3v) is 8.28. The molecule has 1 aliphatic rings. The van der Waals surface area contributed by atoms with E-state index in [1.165, 1.54) is 20.9 Å². The lowest BCUT2D eigenvalue weighted by atomic mass is 9.83. The topological polar surface area (TPSA) is 0 Å². The Morgan fingerprint density at radius 2 is 1.63 bits per heavy atom. The zero-order valence-electron chi connectivity index (χ0n) is 11.0. The molecule has 4 heteroatoms. The zero-order valence-corrected chi connectivity index (χ0v) is 17.0. The van der Waals surface area contributed by atoms with E-state index in [0.29, 0.717) is 0 Å². The molecule has 0 saturated carbocycles. The monoisotopic (exact) mass is 514 g/mol. The van der Waals surface area contributed by atoms with Crippen molar-refractivity contribution in [3.8, 4) is 0 Å². The lowest BCUT2D eigenvalue weighted by Gasteiger charge is -2.25. The molecule has 0 unspecified atom stereocenters. The average Bonchev–Trinajstić information content (AvgIpc) is 2.47. The molecule has 0 bridgehead atoms. The van der Waals surface area contributed by atoms with Crippen molar-refractivity contribution in [3.63, 3.8) is 0 Å². The van der Waals surface area contributed by atoms with E-state index in [4.69, 9.17) is 0 Å². The van der Waals surface area contributed by atoms with E-state index < -0.39 is 0 Å². The summed E-state index contributed by atoms with van der Waals surface area (Å²) in [5.74, 6) is 0. The van der Waals surface area contributed by atoms with E-state index in [0.717, 1.165) is 19.3 Å². The molecule has 102 valence electrons. The quantitative estimate of drug-likeness (QED) is 0.403. The van der Waals surface area contributed by atoms with Gasteiger partial charge in [0.05, 0.1) is 0 Å². The van der Waals surface area contributed by atoms with E-state index in [9.17, 15) is 0 Å². The van der Waals surface area contributed by atoms with E-state index >= 15 is 0 Å². The first-order valence-electron chi connectivity index (χ1n) is 6.27. The Kier molecular flexibility index (Phi) is 6.62. The van der Waals surface area contributed by atoms with Gasteiger partial charge in [-0.3, -0.25) is 0 Å². The molecule has 0 aliphatic heterocycles. The molecule has 0 saturated heterocycles. The highest BCUT2D eigenvalue weighted by Gasteiger charge is 2.21. The van der Waals surface area contributed by atoms with Crippen molar-refractivity contribution in [3.05, 3.63) is 56.3 Å². The Labute approximate surface area is 148 Å². The van der Waals surface area contributed by atoms with Crippen LogP contribution in [0.4, 0.5) is 0 Å². The SMILES string of the molecule is CC/C(SI)=C1/Cc2ccccc2C/C1=C(/C)SI. The molecule has 1 aromatic carbocycles. The maximum absolute atomic E-state index is 2.42. The summed E-state index contributed by atoms with van der Waals surface area (Å²) < 4.78 is 0. The highest BCUT2D eigenvalue weighted by molar-refractivity contribution is 14.2. The molecule has 19 heavy (non-hydrogen) atoms. The second-order valence-corrected chi connectivity index (χ2v) is 8.62. The predicted octanol–water partition coefficient (Wildman–Crippen LogP) is 6.89. The summed E-state index contributed by atoms with van der Waals surface area (Å²) in [6.45, 7) is 4.52. The van der Waals surface area contributed by atoms with Crippen molar-refractivity contribution in [1.82, 2.24) is 0 Å². The molecule has 0 spiro atoms. The third-order valence-electron chi connectivity index (χ3n) is 3.51. The summed E-state index contributed by atoms with van der Waals surface area (Å²) in [4.78, 5) is 3.00. The lowest BCUT2D eigenvalue weighted by Crippen LogP contribution is -2.11. The third kappa shape index (κ3) is 3.74. The van der Waals surface area contributed by atoms with Crippen LogP contribution in [0.1, 0.15) is 31.4 Å². The normalized spacial score (nSPS) is 20.0. The molecule has 0 aromatic heterocycles. The number of hydrogen-bond donors (Lipinski definition) is 0. The summed E-state index contributed by atoms with van der Waals surface area (Å²) in [5.41, 5.74) is 6.13. The fraction of sp³-hybridized carbons (Fsp3) is 0.333. The fourth-order valence-corrected chi connectivity index (χ4v) is 5.68. The molecular weight excluding hydrogens is 498 g/mol. The van der Waals surface area contributed by atoms with Gasteiger partial charge in [-0.25, -0.2) is 0 Å². The standard InChI is InChI=1S/C15H16I2S2/c1-3-15(19-17)14-9-12-7-5-4-6-11(12)8-13(14)10(2)18-16/h4-7H,3,8-9H2,1-2H3/b13-10+,15-14+. The first kappa shape index (κ1) is 16.2. The molecule has 0 fully saturated rings. The van der Waals surface area contributed by atoms with Gasteiger partial charge in [0.15, 0.2) is 0 Å². The van der Waals surface area contributed by atoms with Gasteiger partial charge in [-0.05, 0) is 58.3 Å². The minimum Gasteiger partial charge on any atom is -0.0620 e. The van der Waals surface area contributed by atoms with Crippen LogP contribution >= 0.6 is 60.3 Å². The molecule has 1 aromatic rings. The van der Waals surface area contributed by atoms with Crippen LogP contribution in [-0.4, -0.2) is 0 Å². The Morgan fingerprint density at radius 3 is 2.11 bits per heavy atom. The highest BCUT2D eigenvalue weighted by Crippen LogP contribution is 2.42. The van der Waals surface area contributed by atoms with Crippen LogP contribution in [0.25, 0.3) is 0 Å². The van der Waals surface area contributed by atoms with Crippen LogP contribution in [0.2, 0.25) is 0 Å². The smallest absolute Gasteiger partial charge is 0.00107 e. The number of benzene rings is 1. The van der Waals surface area contributed by atoms with Crippen LogP contribution in [0, 0.1) is 0 Å². The Balaban J connectivity index is 2.56. The van der Waals surface area contributed by atoms with Crippen molar-refractivity contribution in [2.45, 2.75) is 33.1 Å². The second-order valence-electron chi connectivity index (χ2n) is 4.57. The van der Waals surface area contributed by atoms with Crippen LogP contribution in [0.3, 0.4) is 0 Å². The molecule has 0 N–H and O–H groups in total. The van der Waals surface area contributed by atoms with Gasteiger partial charge >= 0.3 is 0 Å². The second kappa shape index (κ2) is 7.75. The minimum absolute atomic E-state index is 1.09. The van der Waals surface area contributed by atoms with Gasteiger partial charge in [-0.1, -0.05) is 49.1 Å². The summed E-state index contributed by atoms with van der Waals surface area (Å²) in [5, 5.41) is 0. The molecular formula is C15H16I2S2. The van der Waals surface area contributed by atoms with Gasteiger partial charge in [0, 0.05) is 42.4 Å². The minimum atomic E-state index is 1.09. The van der Waals surface area contributed by atoms with Gasteiger partial charge in [0.25, 0.3) is 0 Å². The van der Waals surface area contributed by atoms with Crippen LogP contribution in [-0.2, 0) is 12.8 Å². The van der Waals surface area contributed by atoms with Crippen molar-refractivity contribution in [2.75, 3.05) is 0 Å². The maximum Gasteiger partial charge on any atom is 0.00107 e. The first-order chi connectivity index (χ1) is 9.21. The van der Waals surface area contributed by atoms with Crippen molar-refractivity contribution in [1.29, 1.82) is 0 Å². The predicted molar refractivity (Wildman–Crippen MR) is 107 cm³/mol. The number of allylic oxidation sites excluding steroid dienone is 4. The molecule has 2 rings (SSSR count). The summed E-state index contributed by atoms with van der Waals surface area (Å²) >= 11 is 4.83. The van der Waals surface area contributed by atoms with Crippen LogP contribution in [0.15, 0.2) is 45.2 Å². The molecule has 0 heterocycles. The van der Waals surface area contributed by atoms with E-state index in [1.807, 2.05) is 17.9 Å². The van der Waals surface area contributed by atoms with Crippen LogP contribution < -0.4 is 0 Å². The number of fused-ring (bicyclic) bond motifs is 1. The molecule has 0 atom stereocenters. The summed E-state index contributed by atoms with van der Waals surface area (Å²) in [6, 6.07) is 8.88. The van der Waals surface area contributed by atoms with Gasteiger partial charge in [0.1, 0.15) is 0 Å². The van der Waals surface area contributed by atoms with E-state index in [-0.39, 0.29) is 0 Å². The van der Waals surface area contributed by atoms with E-state index in [2.05, 4.69) is 80.5 Å². The van der Waals surface area contributed by atoms with Crippen molar-refractivity contribution < 1.29 is 0 Å². The van der Waals surface area contributed by atoms with Gasteiger partial charge in [0.2, 0.25) is 0 Å². The molecule has 0 nitrogen and oxygen atoms in total. The van der Waals surface area contributed by atoms with E-state index in [1.54, 1.807) is 11.1 Å². The Hall–Kier alpha value is 0.860. The highest BCUT2D eigenvalue weighted by atomic mass is 127. The molecule has 0 radical (unpaired) electrons. The Morgan fingerprint density at radius 1 is 1.05 bits per heavy atom. The largest absolute Gasteiger partial charge is 0.0620 e. The fourth-order valence-electron chi connectivity index (χ4n) is 2.46. The van der Waals surface area contributed by atoms with Gasteiger partial charge in [-0.15, -0.1) is 0 Å². The molecule has 1 aliphatic carbocycles. The number of hydrogen-bond acceptors (Lipinski definition) is 2. The number of rotatable bonds is 3. The average molecular weight is 514 g/mol. The van der Waals surface area contributed by atoms with Gasteiger partial charge in [-0.2, -0.15) is 0 Å². The van der Waals surface area contributed by atoms with Crippen LogP contribution in [0.5, 0.6) is 0 Å². The zero-order chi connectivity index (χ0) is 13.8. The Bertz CT molecular complexity index is 527. The van der Waals surface area contributed by atoms with Crippen molar-refractivity contribution in [2.24, 2.45) is 0 Å². The van der Waals surface area contributed by atoms with Gasteiger partial charge < -0.3 is 0 Å². The summed E-state index contributed by atoms with van der Waals surface area (Å²) in [6.07, 6.45) is 3.32.